The molecule has 0 radical (unpaired) electrons. The molecule has 2 fully saturated rings. The van der Waals surface area contributed by atoms with Gasteiger partial charge in [-0.1, -0.05) is 26.7 Å². The SMILES string of the molecule is CC(C)C1(O)CN(C(=O)NC2CCCC2)C1. The summed E-state index contributed by atoms with van der Waals surface area (Å²) in [7, 11) is 0. The van der Waals surface area contributed by atoms with E-state index in [1.165, 1.54) is 12.8 Å². The number of hydrogen-bond donors (Lipinski definition) is 2. The van der Waals surface area contributed by atoms with Crippen LogP contribution in [-0.2, 0) is 0 Å². The van der Waals surface area contributed by atoms with Gasteiger partial charge in [0, 0.05) is 6.04 Å². The van der Waals surface area contributed by atoms with E-state index >= 15 is 0 Å². The molecule has 92 valence electrons. The van der Waals surface area contributed by atoms with Crippen molar-refractivity contribution in [1.82, 2.24) is 10.2 Å². The van der Waals surface area contributed by atoms with Gasteiger partial charge in [-0.2, -0.15) is 0 Å². The van der Waals surface area contributed by atoms with Gasteiger partial charge >= 0.3 is 6.03 Å². The second kappa shape index (κ2) is 4.24. The molecule has 1 aliphatic heterocycles. The van der Waals surface area contributed by atoms with Crippen molar-refractivity contribution in [2.75, 3.05) is 13.1 Å². The number of carbonyl (C=O) groups excluding carboxylic acids is 1. The molecular weight excluding hydrogens is 204 g/mol. The van der Waals surface area contributed by atoms with E-state index in [1.54, 1.807) is 4.90 Å². The highest BCUT2D eigenvalue weighted by Gasteiger charge is 2.46. The van der Waals surface area contributed by atoms with Gasteiger partial charge in [-0.3, -0.25) is 0 Å². The van der Waals surface area contributed by atoms with E-state index in [-0.39, 0.29) is 11.9 Å². The molecule has 0 aromatic heterocycles. The Hall–Kier alpha value is -0.770. The molecule has 2 rings (SSSR count). The van der Waals surface area contributed by atoms with E-state index in [0.29, 0.717) is 19.1 Å². The molecule has 0 aromatic carbocycles. The zero-order chi connectivity index (χ0) is 11.8. The summed E-state index contributed by atoms with van der Waals surface area (Å²) in [5.74, 6) is 0.211. The molecular formula is C12H22N2O2. The number of nitrogens with zero attached hydrogens (tertiary/aromatic N) is 1. The molecule has 0 spiro atoms. The Bertz CT molecular complexity index is 266. The number of amides is 2. The summed E-state index contributed by atoms with van der Waals surface area (Å²) in [5.41, 5.74) is -0.660. The van der Waals surface area contributed by atoms with Crippen LogP contribution in [0.4, 0.5) is 4.79 Å². The minimum absolute atomic E-state index is 0.00257. The van der Waals surface area contributed by atoms with E-state index < -0.39 is 5.60 Å². The molecule has 1 aliphatic carbocycles. The fourth-order valence-corrected chi connectivity index (χ4v) is 2.46. The van der Waals surface area contributed by atoms with Crippen molar-refractivity contribution in [3.05, 3.63) is 0 Å². The Labute approximate surface area is 97.0 Å². The quantitative estimate of drug-likeness (QED) is 0.746. The van der Waals surface area contributed by atoms with Crippen molar-refractivity contribution >= 4 is 6.03 Å². The number of rotatable bonds is 2. The summed E-state index contributed by atoms with van der Waals surface area (Å²) in [6.45, 7) is 4.94. The fourth-order valence-electron chi connectivity index (χ4n) is 2.46. The van der Waals surface area contributed by atoms with Crippen LogP contribution in [0.2, 0.25) is 0 Å². The Kier molecular flexibility index (Phi) is 3.10. The molecule has 4 heteroatoms. The minimum Gasteiger partial charge on any atom is -0.386 e. The average Bonchev–Trinajstić information content (AvgIpc) is 2.64. The summed E-state index contributed by atoms with van der Waals surface area (Å²) in [5, 5.41) is 13.1. The van der Waals surface area contributed by atoms with E-state index in [0.717, 1.165) is 12.8 Å². The van der Waals surface area contributed by atoms with Gasteiger partial charge in [0.2, 0.25) is 0 Å². The number of nitrogens with one attached hydrogen (secondary N) is 1. The van der Waals surface area contributed by atoms with Crippen LogP contribution < -0.4 is 5.32 Å². The summed E-state index contributed by atoms with van der Waals surface area (Å²) < 4.78 is 0. The van der Waals surface area contributed by atoms with Crippen molar-refractivity contribution in [3.8, 4) is 0 Å². The van der Waals surface area contributed by atoms with Crippen LogP contribution >= 0.6 is 0 Å². The van der Waals surface area contributed by atoms with Gasteiger partial charge in [0.1, 0.15) is 5.60 Å². The lowest BCUT2D eigenvalue weighted by Gasteiger charge is -2.49. The molecule has 1 saturated carbocycles. The van der Waals surface area contributed by atoms with Crippen LogP contribution in [0.5, 0.6) is 0 Å². The first-order valence-electron chi connectivity index (χ1n) is 6.29. The second-order valence-electron chi connectivity index (χ2n) is 5.55. The van der Waals surface area contributed by atoms with Crippen molar-refractivity contribution < 1.29 is 9.90 Å². The standard InChI is InChI=1S/C12H22N2O2/c1-9(2)12(16)7-14(8-12)11(15)13-10-5-3-4-6-10/h9-10,16H,3-8H2,1-2H3,(H,13,15). The fraction of sp³-hybridized carbons (Fsp3) is 0.917. The maximum Gasteiger partial charge on any atom is 0.317 e. The first kappa shape index (κ1) is 11.7. The van der Waals surface area contributed by atoms with Gasteiger partial charge in [-0.15, -0.1) is 0 Å². The van der Waals surface area contributed by atoms with Crippen molar-refractivity contribution in [1.29, 1.82) is 0 Å². The van der Waals surface area contributed by atoms with Gasteiger partial charge in [0.15, 0.2) is 0 Å². The number of urea groups is 1. The van der Waals surface area contributed by atoms with Gasteiger partial charge in [-0.05, 0) is 18.8 Å². The van der Waals surface area contributed by atoms with Crippen LogP contribution in [0.25, 0.3) is 0 Å². The maximum absolute atomic E-state index is 11.8. The minimum atomic E-state index is -0.660. The Morgan fingerprint density at radius 3 is 2.44 bits per heavy atom. The summed E-state index contributed by atoms with van der Waals surface area (Å²) in [6.07, 6.45) is 4.66. The lowest BCUT2D eigenvalue weighted by Crippen LogP contribution is -2.68. The molecule has 0 atom stereocenters. The van der Waals surface area contributed by atoms with Crippen LogP contribution in [0, 0.1) is 5.92 Å². The Morgan fingerprint density at radius 2 is 1.94 bits per heavy atom. The van der Waals surface area contributed by atoms with Crippen molar-refractivity contribution in [2.24, 2.45) is 5.92 Å². The molecule has 2 aliphatic rings. The van der Waals surface area contributed by atoms with E-state index in [2.05, 4.69) is 5.32 Å². The van der Waals surface area contributed by atoms with Gasteiger partial charge in [0.25, 0.3) is 0 Å². The smallest absolute Gasteiger partial charge is 0.317 e. The maximum atomic E-state index is 11.8. The van der Waals surface area contributed by atoms with Crippen molar-refractivity contribution in [2.45, 2.75) is 51.2 Å². The highest BCUT2D eigenvalue weighted by atomic mass is 16.3. The third-order valence-corrected chi connectivity index (χ3v) is 3.97. The number of hydrogen-bond acceptors (Lipinski definition) is 2. The molecule has 2 amide bonds. The number of likely N-dealkylation sites (tertiary alicyclic amines) is 1. The van der Waals surface area contributed by atoms with Crippen LogP contribution in [0.1, 0.15) is 39.5 Å². The predicted octanol–water partition coefficient (Wildman–Crippen LogP) is 1.34. The molecule has 1 heterocycles. The van der Waals surface area contributed by atoms with Crippen molar-refractivity contribution in [3.63, 3.8) is 0 Å². The number of β-amino-alcohol motifs (C(OH)–C–C–N with tert-alkyl or cyclic N) is 1. The van der Waals surface area contributed by atoms with E-state index in [4.69, 9.17) is 0 Å². The molecule has 2 N–H and O–H groups in total. The van der Waals surface area contributed by atoms with Crippen LogP contribution in [-0.4, -0.2) is 40.8 Å². The summed E-state index contributed by atoms with van der Waals surface area (Å²) in [4.78, 5) is 13.5. The number of carbonyl (C=O) groups is 1. The van der Waals surface area contributed by atoms with E-state index in [9.17, 15) is 9.90 Å². The highest BCUT2D eigenvalue weighted by Crippen LogP contribution is 2.28. The third-order valence-electron chi connectivity index (χ3n) is 3.97. The second-order valence-corrected chi connectivity index (χ2v) is 5.55. The summed E-state index contributed by atoms with van der Waals surface area (Å²) >= 11 is 0. The zero-order valence-corrected chi connectivity index (χ0v) is 10.2. The number of aliphatic hydroxyl groups is 1. The van der Waals surface area contributed by atoms with E-state index in [1.807, 2.05) is 13.8 Å². The molecule has 16 heavy (non-hydrogen) atoms. The Balaban J connectivity index is 1.76. The first-order valence-corrected chi connectivity index (χ1v) is 6.29. The first-order chi connectivity index (χ1) is 7.51. The molecule has 1 saturated heterocycles. The van der Waals surface area contributed by atoms with Crippen LogP contribution in [0.3, 0.4) is 0 Å². The van der Waals surface area contributed by atoms with Crippen LogP contribution in [0.15, 0.2) is 0 Å². The lowest BCUT2D eigenvalue weighted by molar-refractivity contribution is -0.107. The zero-order valence-electron chi connectivity index (χ0n) is 10.2. The lowest BCUT2D eigenvalue weighted by atomic mass is 9.83. The van der Waals surface area contributed by atoms with Gasteiger partial charge < -0.3 is 15.3 Å². The third kappa shape index (κ3) is 2.17. The average molecular weight is 226 g/mol. The topological polar surface area (TPSA) is 52.6 Å². The molecule has 4 nitrogen and oxygen atoms in total. The normalized spacial score (nSPS) is 24.6. The largest absolute Gasteiger partial charge is 0.386 e. The molecule has 0 bridgehead atoms. The van der Waals surface area contributed by atoms with Gasteiger partial charge in [0.05, 0.1) is 13.1 Å². The predicted molar refractivity (Wildman–Crippen MR) is 62.1 cm³/mol. The monoisotopic (exact) mass is 226 g/mol. The summed E-state index contributed by atoms with van der Waals surface area (Å²) in [6, 6.07) is 0.359. The highest BCUT2D eigenvalue weighted by molar-refractivity contribution is 5.75. The Morgan fingerprint density at radius 1 is 1.38 bits per heavy atom. The molecule has 0 aromatic rings. The molecule has 0 unspecified atom stereocenters. The van der Waals surface area contributed by atoms with Gasteiger partial charge in [-0.25, -0.2) is 4.79 Å².